The molecule has 0 bridgehead atoms. The van der Waals surface area contributed by atoms with Gasteiger partial charge >= 0.3 is 0 Å². The van der Waals surface area contributed by atoms with Crippen LogP contribution in [0.1, 0.15) is 25.8 Å². The summed E-state index contributed by atoms with van der Waals surface area (Å²) in [5.41, 5.74) is 1.10. The summed E-state index contributed by atoms with van der Waals surface area (Å²) in [6, 6.07) is 5.62. The molecule has 0 saturated carbocycles. The lowest BCUT2D eigenvalue weighted by Gasteiger charge is -2.29. The topological polar surface area (TPSA) is 32.8 Å². The van der Waals surface area contributed by atoms with Crippen LogP contribution in [0.3, 0.4) is 0 Å². The van der Waals surface area contributed by atoms with E-state index in [1.54, 1.807) is 4.90 Å². The molecule has 0 fully saturated rings. The second-order valence-corrected chi connectivity index (χ2v) is 5.95. The first kappa shape index (κ1) is 18.8. The van der Waals surface area contributed by atoms with Crippen molar-refractivity contribution in [3.05, 3.63) is 28.8 Å². The molecule has 5 heteroatoms. The molecule has 0 aliphatic carbocycles. The Morgan fingerprint density at radius 1 is 1.32 bits per heavy atom. The van der Waals surface area contributed by atoms with Crippen LogP contribution < -0.4 is 4.74 Å². The van der Waals surface area contributed by atoms with Crippen LogP contribution in [0.2, 0.25) is 5.02 Å². The Morgan fingerprint density at radius 3 is 2.55 bits per heavy atom. The van der Waals surface area contributed by atoms with E-state index in [2.05, 4.69) is 11.8 Å². The molecule has 0 aliphatic rings. The zero-order valence-electron chi connectivity index (χ0n) is 14.2. The Labute approximate surface area is 139 Å². The van der Waals surface area contributed by atoms with Crippen molar-refractivity contribution in [2.45, 2.75) is 33.2 Å². The third kappa shape index (κ3) is 5.18. The molecule has 1 atom stereocenters. The van der Waals surface area contributed by atoms with Crippen molar-refractivity contribution in [2.75, 3.05) is 33.8 Å². The van der Waals surface area contributed by atoms with E-state index in [1.165, 1.54) is 0 Å². The second kappa shape index (κ2) is 9.01. The highest BCUT2D eigenvalue weighted by Gasteiger charge is 2.23. The summed E-state index contributed by atoms with van der Waals surface area (Å²) in [5, 5.41) is 0.603. The number of aryl methyl sites for hydroxylation is 1. The van der Waals surface area contributed by atoms with E-state index < -0.39 is 0 Å². The molecule has 1 unspecified atom stereocenters. The summed E-state index contributed by atoms with van der Waals surface area (Å²) in [6.07, 6.45) is 0.804. The van der Waals surface area contributed by atoms with Gasteiger partial charge in [-0.2, -0.15) is 0 Å². The van der Waals surface area contributed by atoms with E-state index in [4.69, 9.17) is 16.3 Å². The molecule has 0 aromatic heterocycles. The molecule has 4 nitrogen and oxygen atoms in total. The minimum atomic E-state index is -0.0713. The zero-order chi connectivity index (χ0) is 16.7. The van der Waals surface area contributed by atoms with Crippen LogP contribution >= 0.6 is 11.6 Å². The molecule has 1 aromatic carbocycles. The van der Waals surface area contributed by atoms with Crippen LogP contribution in [0.5, 0.6) is 5.75 Å². The minimum absolute atomic E-state index is 0.0713. The molecule has 0 radical (unpaired) electrons. The zero-order valence-corrected chi connectivity index (χ0v) is 15.0. The molecule has 0 aliphatic heterocycles. The molecule has 1 aromatic rings. The molecule has 0 N–H and O–H groups in total. The fourth-order valence-corrected chi connectivity index (χ4v) is 2.56. The summed E-state index contributed by atoms with van der Waals surface area (Å²) < 4.78 is 5.67. The first-order valence-electron chi connectivity index (χ1n) is 7.74. The van der Waals surface area contributed by atoms with E-state index >= 15 is 0 Å². The summed E-state index contributed by atoms with van der Waals surface area (Å²) >= 11 is 6.13. The van der Waals surface area contributed by atoms with Crippen LogP contribution in [0.25, 0.3) is 0 Å². The van der Waals surface area contributed by atoms with E-state index in [-0.39, 0.29) is 11.9 Å². The molecule has 0 saturated heterocycles. The lowest BCUT2D eigenvalue weighted by Crippen LogP contribution is -2.46. The van der Waals surface area contributed by atoms with Crippen LogP contribution in [0.15, 0.2) is 18.2 Å². The summed E-state index contributed by atoms with van der Waals surface area (Å²) in [4.78, 5) is 16.2. The number of hydrogen-bond donors (Lipinski definition) is 0. The number of rotatable bonds is 8. The third-order valence-corrected chi connectivity index (χ3v) is 4.15. The van der Waals surface area contributed by atoms with Crippen molar-refractivity contribution >= 4 is 17.5 Å². The number of benzene rings is 1. The quantitative estimate of drug-likeness (QED) is 0.735. The number of carbonyl (C=O) groups is 1. The highest BCUT2D eigenvalue weighted by molar-refractivity contribution is 6.32. The number of halogens is 1. The van der Waals surface area contributed by atoms with E-state index in [9.17, 15) is 4.79 Å². The molecule has 0 heterocycles. The van der Waals surface area contributed by atoms with Crippen LogP contribution in [-0.2, 0) is 4.79 Å². The third-order valence-electron chi connectivity index (χ3n) is 3.85. The van der Waals surface area contributed by atoms with Crippen molar-refractivity contribution in [1.82, 2.24) is 9.80 Å². The largest absolute Gasteiger partial charge is 0.490 e. The van der Waals surface area contributed by atoms with Crippen LogP contribution in [0, 0.1) is 6.92 Å². The van der Waals surface area contributed by atoms with Gasteiger partial charge in [-0.05, 0) is 44.6 Å². The van der Waals surface area contributed by atoms with Crippen LogP contribution in [0.4, 0.5) is 0 Å². The number of likely N-dealkylation sites (N-methyl/N-ethyl adjacent to an activating group) is 2. The fourth-order valence-electron chi connectivity index (χ4n) is 2.28. The molecule has 1 amide bonds. The lowest BCUT2D eigenvalue weighted by atomic mass is 10.1. The average molecular weight is 327 g/mol. The van der Waals surface area contributed by atoms with Crippen LogP contribution in [-0.4, -0.2) is 55.5 Å². The number of hydrogen-bond acceptors (Lipinski definition) is 3. The predicted octanol–water partition coefficient (Wildman–Crippen LogP) is 3.22. The van der Waals surface area contributed by atoms with Gasteiger partial charge in [0.15, 0.2) is 0 Å². The number of carbonyl (C=O) groups excluding carboxylic acids is 1. The van der Waals surface area contributed by atoms with Gasteiger partial charge in [0, 0.05) is 7.05 Å². The monoisotopic (exact) mass is 326 g/mol. The van der Waals surface area contributed by atoms with Crippen molar-refractivity contribution in [2.24, 2.45) is 0 Å². The van der Waals surface area contributed by atoms with Gasteiger partial charge in [-0.3, -0.25) is 9.69 Å². The number of nitrogens with zero attached hydrogens (tertiary/aromatic N) is 2. The van der Waals surface area contributed by atoms with E-state index in [1.807, 2.05) is 46.1 Å². The normalized spacial score (nSPS) is 12.3. The molecule has 124 valence electrons. The lowest BCUT2D eigenvalue weighted by molar-refractivity contribution is -0.135. The molecule has 0 spiro atoms. The second-order valence-electron chi connectivity index (χ2n) is 5.54. The smallest absolute Gasteiger partial charge is 0.239 e. The van der Waals surface area contributed by atoms with Gasteiger partial charge in [-0.25, -0.2) is 0 Å². The Morgan fingerprint density at radius 2 is 2.00 bits per heavy atom. The Kier molecular flexibility index (Phi) is 7.69. The van der Waals surface area contributed by atoms with Crippen molar-refractivity contribution in [1.29, 1.82) is 0 Å². The molecule has 22 heavy (non-hydrogen) atoms. The molecular weight excluding hydrogens is 300 g/mol. The Balaban J connectivity index is 2.51. The van der Waals surface area contributed by atoms with Gasteiger partial charge in [-0.1, -0.05) is 31.5 Å². The highest BCUT2D eigenvalue weighted by atomic mass is 35.5. The average Bonchev–Trinajstić information content (AvgIpc) is 2.49. The predicted molar refractivity (Wildman–Crippen MR) is 91.7 cm³/mol. The van der Waals surface area contributed by atoms with Gasteiger partial charge in [0.1, 0.15) is 12.4 Å². The Bertz CT molecular complexity index is 494. The van der Waals surface area contributed by atoms with Crippen molar-refractivity contribution in [3.63, 3.8) is 0 Å². The van der Waals surface area contributed by atoms with Gasteiger partial charge in [0.25, 0.3) is 0 Å². The summed E-state index contributed by atoms with van der Waals surface area (Å²) in [6.45, 7) is 7.89. The fraction of sp³-hybridized carbons (Fsp3) is 0.588. The summed E-state index contributed by atoms with van der Waals surface area (Å²) in [5.74, 6) is 0.788. The SMILES string of the molecule is CCC(C(=O)N(C)CCOc1ccc(C)cc1Cl)N(C)CC. The minimum Gasteiger partial charge on any atom is -0.490 e. The first-order chi connectivity index (χ1) is 10.4. The highest BCUT2D eigenvalue weighted by Crippen LogP contribution is 2.24. The van der Waals surface area contributed by atoms with Crippen molar-refractivity contribution in [3.8, 4) is 5.75 Å². The van der Waals surface area contributed by atoms with Gasteiger partial charge in [0.2, 0.25) is 5.91 Å². The van der Waals surface area contributed by atoms with E-state index in [0.717, 1.165) is 18.5 Å². The number of amides is 1. The summed E-state index contributed by atoms with van der Waals surface area (Å²) in [7, 11) is 3.79. The van der Waals surface area contributed by atoms with Crippen molar-refractivity contribution < 1.29 is 9.53 Å². The maximum Gasteiger partial charge on any atom is 0.239 e. The van der Waals surface area contributed by atoms with Gasteiger partial charge in [-0.15, -0.1) is 0 Å². The maximum absolute atomic E-state index is 12.4. The van der Waals surface area contributed by atoms with Gasteiger partial charge < -0.3 is 9.64 Å². The Hall–Kier alpha value is -1.26. The van der Waals surface area contributed by atoms with E-state index in [0.29, 0.717) is 23.9 Å². The maximum atomic E-state index is 12.4. The first-order valence-corrected chi connectivity index (χ1v) is 8.12. The van der Waals surface area contributed by atoms with Gasteiger partial charge in [0.05, 0.1) is 17.6 Å². The molecule has 1 rings (SSSR count). The standard InChI is InChI=1S/C17H27ClN2O2/c1-6-15(19(4)7-2)17(21)20(5)10-11-22-16-9-8-13(3)12-14(16)18/h8-9,12,15H,6-7,10-11H2,1-5H3. The number of ether oxygens (including phenoxy) is 1. The molecular formula is C17H27ClN2O2.